The maximum Gasteiger partial charge on any atom is 0.164 e. The number of imidazole rings is 1. The molecule has 4 rings (SSSR count). The van der Waals surface area contributed by atoms with Crippen molar-refractivity contribution in [2.24, 2.45) is 4.99 Å². The molecule has 0 atom stereocenters. The predicted molar refractivity (Wildman–Crippen MR) is 77.1 cm³/mol. The van der Waals surface area contributed by atoms with Crippen LogP contribution in [0.2, 0.25) is 0 Å². The minimum atomic E-state index is 0.953. The summed E-state index contributed by atoms with van der Waals surface area (Å²) in [7, 11) is 0. The van der Waals surface area contributed by atoms with E-state index in [4.69, 9.17) is 4.98 Å². The maximum absolute atomic E-state index is 4.75. The van der Waals surface area contributed by atoms with Gasteiger partial charge in [-0.05, 0) is 25.0 Å². The van der Waals surface area contributed by atoms with E-state index in [0.29, 0.717) is 0 Å². The van der Waals surface area contributed by atoms with Crippen LogP contribution in [0.25, 0.3) is 16.9 Å². The van der Waals surface area contributed by atoms with Crippen LogP contribution < -0.4 is 0 Å². The molecule has 3 nitrogen and oxygen atoms in total. The molecule has 0 spiro atoms. The highest BCUT2D eigenvalue weighted by Gasteiger charge is 2.16. The third-order valence-corrected chi connectivity index (χ3v) is 3.49. The van der Waals surface area contributed by atoms with E-state index in [1.807, 2.05) is 30.5 Å². The summed E-state index contributed by atoms with van der Waals surface area (Å²) in [4.78, 5) is 9.36. The Morgan fingerprint density at radius 1 is 0.947 bits per heavy atom. The fourth-order valence-electron chi connectivity index (χ4n) is 2.61. The number of pyridine rings is 1. The molecule has 0 N–H and O–H groups in total. The summed E-state index contributed by atoms with van der Waals surface area (Å²) in [5, 5.41) is 0. The second-order valence-corrected chi connectivity index (χ2v) is 4.71. The smallest absolute Gasteiger partial charge is 0.164 e. The molecule has 19 heavy (non-hydrogen) atoms. The topological polar surface area (TPSA) is 29.7 Å². The molecular weight excluding hydrogens is 234 g/mol. The van der Waals surface area contributed by atoms with E-state index < -0.39 is 0 Å². The molecule has 3 heteroatoms. The van der Waals surface area contributed by atoms with Crippen LogP contribution in [0.1, 0.15) is 12.1 Å². The van der Waals surface area contributed by atoms with E-state index in [1.165, 1.54) is 5.69 Å². The second kappa shape index (κ2) is 4.05. The van der Waals surface area contributed by atoms with E-state index in [0.717, 1.165) is 35.6 Å². The van der Waals surface area contributed by atoms with Crippen molar-refractivity contribution in [3.63, 3.8) is 0 Å². The summed E-state index contributed by atoms with van der Waals surface area (Å²) in [5.74, 6) is 0.953. The van der Waals surface area contributed by atoms with Crippen LogP contribution in [0.3, 0.4) is 0 Å². The molecule has 3 aromatic rings. The molecular formula is C16H13N3. The fourth-order valence-corrected chi connectivity index (χ4v) is 2.61. The van der Waals surface area contributed by atoms with Crippen LogP contribution >= 0.6 is 0 Å². The average Bonchev–Trinajstić information content (AvgIpc) is 2.69. The summed E-state index contributed by atoms with van der Waals surface area (Å²) in [5.41, 5.74) is 4.34. The monoisotopic (exact) mass is 247 g/mol. The van der Waals surface area contributed by atoms with Gasteiger partial charge in [-0.1, -0.05) is 36.4 Å². The lowest BCUT2D eigenvalue weighted by atomic mass is 10.1. The van der Waals surface area contributed by atoms with Gasteiger partial charge in [-0.2, -0.15) is 0 Å². The Labute approximate surface area is 111 Å². The zero-order valence-electron chi connectivity index (χ0n) is 10.5. The molecule has 2 aromatic heterocycles. The minimum Gasteiger partial charge on any atom is -0.281 e. The van der Waals surface area contributed by atoms with Crippen molar-refractivity contribution in [3.05, 3.63) is 54.2 Å². The van der Waals surface area contributed by atoms with E-state index in [1.54, 1.807) is 0 Å². The summed E-state index contributed by atoms with van der Waals surface area (Å²) in [6.07, 6.45) is 3.99. The van der Waals surface area contributed by atoms with Gasteiger partial charge in [0, 0.05) is 17.5 Å². The highest BCUT2D eigenvalue weighted by atomic mass is 15.1. The lowest BCUT2D eigenvalue weighted by molar-refractivity contribution is 0.959. The van der Waals surface area contributed by atoms with Crippen molar-refractivity contribution in [1.29, 1.82) is 0 Å². The van der Waals surface area contributed by atoms with Gasteiger partial charge in [0.15, 0.2) is 5.82 Å². The van der Waals surface area contributed by atoms with Crippen molar-refractivity contribution in [2.75, 3.05) is 0 Å². The third kappa shape index (κ3) is 1.58. The van der Waals surface area contributed by atoms with E-state index in [2.05, 4.69) is 33.7 Å². The van der Waals surface area contributed by atoms with Gasteiger partial charge in [-0.25, -0.2) is 9.98 Å². The highest BCUT2D eigenvalue weighted by molar-refractivity contribution is 5.78. The van der Waals surface area contributed by atoms with Gasteiger partial charge < -0.3 is 0 Å². The van der Waals surface area contributed by atoms with Gasteiger partial charge in [0.1, 0.15) is 11.3 Å². The fraction of sp³-hybridized carbons (Fsp3) is 0.125. The number of aryl methyl sites for hydroxylation is 1. The van der Waals surface area contributed by atoms with Gasteiger partial charge in [0.05, 0.1) is 0 Å². The Hall–Kier alpha value is -2.42. The number of nitrogens with zero attached hydrogens (tertiary/aromatic N) is 3. The highest BCUT2D eigenvalue weighted by Crippen LogP contribution is 2.32. The van der Waals surface area contributed by atoms with Crippen LogP contribution in [0.15, 0.2) is 53.5 Å². The quantitative estimate of drug-likeness (QED) is 0.645. The summed E-state index contributed by atoms with van der Waals surface area (Å²) in [6.45, 7) is 0. The van der Waals surface area contributed by atoms with Gasteiger partial charge in [0.25, 0.3) is 0 Å². The van der Waals surface area contributed by atoms with E-state index >= 15 is 0 Å². The van der Waals surface area contributed by atoms with E-state index in [9.17, 15) is 0 Å². The number of aliphatic imine (C=N–C) groups is 1. The minimum absolute atomic E-state index is 0.953. The molecule has 0 radical (unpaired) electrons. The number of hydrogen-bond acceptors (Lipinski definition) is 2. The van der Waals surface area contributed by atoms with Crippen LogP contribution in [0.4, 0.5) is 5.82 Å². The first kappa shape index (κ1) is 10.5. The Balaban J connectivity index is 2.09. The van der Waals surface area contributed by atoms with Gasteiger partial charge in [-0.3, -0.25) is 4.40 Å². The first-order valence-corrected chi connectivity index (χ1v) is 6.52. The van der Waals surface area contributed by atoms with Crippen molar-refractivity contribution >= 4 is 17.7 Å². The number of benzene rings is 1. The molecule has 0 fully saturated rings. The Bertz CT molecular complexity index is 769. The normalized spacial score (nSPS) is 13.7. The van der Waals surface area contributed by atoms with Crippen molar-refractivity contribution in [3.8, 4) is 11.3 Å². The van der Waals surface area contributed by atoms with Gasteiger partial charge in [-0.15, -0.1) is 0 Å². The van der Waals surface area contributed by atoms with Crippen LogP contribution in [-0.4, -0.2) is 15.6 Å². The molecule has 92 valence electrons. The lowest BCUT2D eigenvalue weighted by Gasteiger charge is -2.03. The zero-order valence-corrected chi connectivity index (χ0v) is 10.5. The Morgan fingerprint density at radius 2 is 1.84 bits per heavy atom. The van der Waals surface area contributed by atoms with Crippen molar-refractivity contribution < 1.29 is 0 Å². The van der Waals surface area contributed by atoms with Crippen molar-refractivity contribution in [1.82, 2.24) is 9.38 Å². The van der Waals surface area contributed by atoms with Crippen LogP contribution in [0.5, 0.6) is 0 Å². The summed E-state index contributed by atoms with van der Waals surface area (Å²) in [6, 6.07) is 16.5. The molecule has 1 aliphatic heterocycles. The molecule has 1 aliphatic rings. The van der Waals surface area contributed by atoms with Gasteiger partial charge >= 0.3 is 0 Å². The van der Waals surface area contributed by atoms with Crippen molar-refractivity contribution in [2.45, 2.75) is 12.8 Å². The zero-order chi connectivity index (χ0) is 12.7. The SMILES string of the molecule is C1=Nc2c(-c3ccccc3)nc3cccc(n23)CC1. The lowest BCUT2D eigenvalue weighted by Crippen LogP contribution is -1.94. The molecule has 3 heterocycles. The molecule has 0 amide bonds. The van der Waals surface area contributed by atoms with Crippen LogP contribution in [-0.2, 0) is 6.42 Å². The molecule has 0 aliphatic carbocycles. The molecule has 0 bridgehead atoms. The summed E-state index contributed by atoms with van der Waals surface area (Å²) >= 11 is 0. The first-order chi connectivity index (χ1) is 9.43. The Morgan fingerprint density at radius 3 is 2.74 bits per heavy atom. The largest absolute Gasteiger partial charge is 0.281 e. The molecule has 0 saturated heterocycles. The number of hydrogen-bond donors (Lipinski definition) is 0. The first-order valence-electron chi connectivity index (χ1n) is 6.52. The Kier molecular flexibility index (Phi) is 2.24. The van der Waals surface area contributed by atoms with E-state index in [-0.39, 0.29) is 0 Å². The number of rotatable bonds is 1. The number of aromatic nitrogens is 2. The molecule has 0 unspecified atom stereocenters. The van der Waals surface area contributed by atoms with Gasteiger partial charge in [0.2, 0.25) is 0 Å². The van der Waals surface area contributed by atoms with Crippen LogP contribution in [0, 0.1) is 0 Å². The predicted octanol–water partition coefficient (Wildman–Crippen LogP) is 3.65. The maximum atomic E-state index is 4.75. The molecule has 0 saturated carbocycles. The summed E-state index contributed by atoms with van der Waals surface area (Å²) < 4.78 is 2.17. The average molecular weight is 247 g/mol. The second-order valence-electron chi connectivity index (χ2n) is 4.71. The molecule has 1 aromatic carbocycles. The third-order valence-electron chi connectivity index (χ3n) is 3.49. The standard InChI is InChI=1S/C16H13N3/c1-2-6-12(7-3-1)15-16-17-11-5-9-13-8-4-10-14(18-15)19(13)16/h1-4,6-8,10-11H,5,9H2.